The number of nitrogens with two attached hydrogens (primary N) is 1. The first-order chi connectivity index (χ1) is 8.54. The number of nitrogens with zero attached hydrogens (tertiary/aromatic N) is 3. The number of hydrogen-bond donors (Lipinski definition) is 2. The van der Waals surface area contributed by atoms with E-state index in [1.54, 1.807) is 4.68 Å². The number of aryl methyl sites for hydroxylation is 1. The minimum atomic E-state index is 0.0218. The maximum atomic E-state index is 9.59. The van der Waals surface area contributed by atoms with Crippen molar-refractivity contribution in [3.05, 3.63) is 18.0 Å². The lowest BCUT2D eigenvalue weighted by Gasteiger charge is -2.35. The molecule has 0 amide bonds. The summed E-state index contributed by atoms with van der Waals surface area (Å²) in [6, 6.07) is 0.371. The Morgan fingerprint density at radius 2 is 2.33 bits per heavy atom. The van der Waals surface area contributed by atoms with Crippen LogP contribution in [0.1, 0.15) is 31.9 Å². The third-order valence-corrected chi connectivity index (χ3v) is 4.03. The molecule has 4 unspecified atom stereocenters. The Hall–Kier alpha value is -0.910. The van der Waals surface area contributed by atoms with Crippen molar-refractivity contribution in [3.8, 4) is 0 Å². The van der Waals surface area contributed by atoms with Gasteiger partial charge in [-0.3, -0.25) is 9.58 Å². The lowest BCUT2D eigenvalue weighted by atomic mass is 9.99. The Morgan fingerprint density at radius 3 is 2.83 bits per heavy atom. The Balaban J connectivity index is 2.25. The van der Waals surface area contributed by atoms with Gasteiger partial charge in [-0.1, -0.05) is 6.92 Å². The monoisotopic (exact) mass is 252 g/mol. The third-order valence-electron chi connectivity index (χ3n) is 4.03. The van der Waals surface area contributed by atoms with Gasteiger partial charge in [-0.05, 0) is 25.8 Å². The summed E-state index contributed by atoms with van der Waals surface area (Å²) in [5.41, 5.74) is 7.30. The largest absolute Gasteiger partial charge is 0.395 e. The summed E-state index contributed by atoms with van der Waals surface area (Å²) >= 11 is 0. The molecule has 4 atom stereocenters. The van der Waals surface area contributed by atoms with Crippen LogP contribution in [0.25, 0.3) is 0 Å². The molecule has 1 aliphatic rings. The molecular formula is C13H24N4O. The van der Waals surface area contributed by atoms with E-state index in [0.29, 0.717) is 5.92 Å². The SMILES string of the molecule is CC(N)C(c1cnn(C)c1)N1CCC(C)C1CO. The first kappa shape index (κ1) is 13.5. The number of likely N-dealkylation sites (tertiary alicyclic amines) is 1. The fourth-order valence-electron chi connectivity index (χ4n) is 3.06. The number of aliphatic hydroxyl groups excluding tert-OH is 1. The van der Waals surface area contributed by atoms with E-state index >= 15 is 0 Å². The van der Waals surface area contributed by atoms with Gasteiger partial charge in [0.1, 0.15) is 0 Å². The normalized spacial score (nSPS) is 28.5. The Labute approximate surface area is 109 Å². The van der Waals surface area contributed by atoms with E-state index in [4.69, 9.17) is 5.73 Å². The summed E-state index contributed by atoms with van der Waals surface area (Å²) in [4.78, 5) is 2.34. The molecule has 1 aromatic heterocycles. The smallest absolute Gasteiger partial charge is 0.0589 e. The lowest BCUT2D eigenvalue weighted by Crippen LogP contribution is -2.44. The van der Waals surface area contributed by atoms with E-state index in [-0.39, 0.29) is 24.7 Å². The van der Waals surface area contributed by atoms with E-state index in [1.165, 1.54) is 0 Å². The van der Waals surface area contributed by atoms with Crippen LogP contribution in [0, 0.1) is 5.92 Å². The summed E-state index contributed by atoms with van der Waals surface area (Å²) in [5.74, 6) is 0.521. The highest BCUT2D eigenvalue weighted by Crippen LogP contribution is 2.33. The first-order valence-electron chi connectivity index (χ1n) is 6.65. The molecule has 0 bridgehead atoms. The van der Waals surface area contributed by atoms with Crippen molar-refractivity contribution in [3.63, 3.8) is 0 Å². The predicted molar refractivity (Wildman–Crippen MR) is 71.0 cm³/mol. The van der Waals surface area contributed by atoms with Crippen LogP contribution in [-0.2, 0) is 7.05 Å². The lowest BCUT2D eigenvalue weighted by molar-refractivity contribution is 0.0927. The predicted octanol–water partition coefficient (Wildman–Crippen LogP) is 0.511. The molecule has 5 heteroatoms. The molecule has 1 aliphatic heterocycles. The number of hydrogen-bond acceptors (Lipinski definition) is 4. The highest BCUT2D eigenvalue weighted by molar-refractivity contribution is 5.14. The van der Waals surface area contributed by atoms with Gasteiger partial charge in [0, 0.05) is 30.9 Å². The highest BCUT2D eigenvalue weighted by atomic mass is 16.3. The second-order valence-corrected chi connectivity index (χ2v) is 5.50. The van der Waals surface area contributed by atoms with Crippen molar-refractivity contribution in [1.29, 1.82) is 0 Å². The molecule has 0 spiro atoms. The first-order valence-corrected chi connectivity index (χ1v) is 6.65. The molecule has 0 aromatic carbocycles. The zero-order chi connectivity index (χ0) is 13.3. The maximum absolute atomic E-state index is 9.59. The zero-order valence-electron chi connectivity index (χ0n) is 11.5. The zero-order valence-corrected chi connectivity index (χ0v) is 11.5. The van der Waals surface area contributed by atoms with Gasteiger partial charge in [0.05, 0.1) is 18.8 Å². The van der Waals surface area contributed by atoms with Crippen LogP contribution >= 0.6 is 0 Å². The summed E-state index contributed by atoms with van der Waals surface area (Å²) in [6.07, 6.45) is 5.02. The van der Waals surface area contributed by atoms with E-state index in [2.05, 4.69) is 16.9 Å². The Kier molecular flexibility index (Phi) is 4.04. The van der Waals surface area contributed by atoms with Crippen molar-refractivity contribution in [2.24, 2.45) is 18.7 Å². The van der Waals surface area contributed by atoms with Gasteiger partial charge in [0.25, 0.3) is 0 Å². The van der Waals surface area contributed by atoms with Crippen LogP contribution in [0.4, 0.5) is 0 Å². The van der Waals surface area contributed by atoms with Crippen LogP contribution < -0.4 is 5.73 Å². The van der Waals surface area contributed by atoms with E-state index < -0.39 is 0 Å². The van der Waals surface area contributed by atoms with Crippen molar-refractivity contribution >= 4 is 0 Å². The average molecular weight is 252 g/mol. The van der Waals surface area contributed by atoms with Crippen LogP contribution in [0.3, 0.4) is 0 Å². The van der Waals surface area contributed by atoms with Crippen LogP contribution in [0.2, 0.25) is 0 Å². The van der Waals surface area contributed by atoms with Crippen LogP contribution in [-0.4, -0.2) is 45.0 Å². The minimum Gasteiger partial charge on any atom is -0.395 e. The fourth-order valence-corrected chi connectivity index (χ4v) is 3.06. The van der Waals surface area contributed by atoms with Gasteiger partial charge < -0.3 is 10.8 Å². The number of aliphatic hydroxyl groups is 1. The van der Waals surface area contributed by atoms with Crippen molar-refractivity contribution in [2.45, 2.75) is 38.4 Å². The molecule has 0 aliphatic carbocycles. The molecule has 2 heterocycles. The van der Waals surface area contributed by atoms with E-state index in [0.717, 1.165) is 18.5 Å². The Morgan fingerprint density at radius 1 is 1.61 bits per heavy atom. The van der Waals surface area contributed by atoms with Gasteiger partial charge in [0.2, 0.25) is 0 Å². The third kappa shape index (κ3) is 2.43. The molecule has 3 N–H and O–H groups in total. The number of rotatable bonds is 4. The molecule has 1 aromatic rings. The minimum absolute atomic E-state index is 0.0218. The van der Waals surface area contributed by atoms with Crippen LogP contribution in [0.5, 0.6) is 0 Å². The van der Waals surface area contributed by atoms with Crippen molar-refractivity contribution < 1.29 is 5.11 Å². The molecule has 5 nitrogen and oxygen atoms in total. The van der Waals surface area contributed by atoms with E-state index in [9.17, 15) is 5.11 Å². The highest BCUT2D eigenvalue weighted by Gasteiger charge is 2.37. The molecule has 0 radical (unpaired) electrons. The average Bonchev–Trinajstić information content (AvgIpc) is 2.86. The Bertz CT molecular complexity index is 390. The quantitative estimate of drug-likeness (QED) is 0.819. The molecule has 1 saturated heterocycles. The van der Waals surface area contributed by atoms with Crippen LogP contribution in [0.15, 0.2) is 12.4 Å². The van der Waals surface area contributed by atoms with Gasteiger partial charge in [0.15, 0.2) is 0 Å². The summed E-state index contributed by atoms with van der Waals surface area (Å²) in [7, 11) is 1.91. The topological polar surface area (TPSA) is 67.3 Å². The summed E-state index contributed by atoms with van der Waals surface area (Å²) < 4.78 is 1.80. The molecule has 102 valence electrons. The number of aromatic nitrogens is 2. The molecule has 2 rings (SSSR count). The fraction of sp³-hybridized carbons (Fsp3) is 0.769. The molecule has 0 saturated carbocycles. The van der Waals surface area contributed by atoms with Gasteiger partial charge in [-0.15, -0.1) is 0 Å². The maximum Gasteiger partial charge on any atom is 0.0589 e. The van der Waals surface area contributed by atoms with Crippen molar-refractivity contribution in [1.82, 2.24) is 14.7 Å². The standard InChI is InChI=1S/C13H24N4O/c1-9-4-5-17(12(9)8-18)13(10(2)14)11-6-15-16(3)7-11/h6-7,9-10,12-13,18H,4-5,8,14H2,1-3H3. The van der Waals surface area contributed by atoms with E-state index in [1.807, 2.05) is 26.4 Å². The van der Waals surface area contributed by atoms with Gasteiger partial charge in [-0.25, -0.2) is 0 Å². The summed E-state index contributed by atoms with van der Waals surface area (Å²) in [6.45, 7) is 5.41. The molecule has 18 heavy (non-hydrogen) atoms. The summed E-state index contributed by atoms with van der Waals surface area (Å²) in [5, 5.41) is 13.8. The second-order valence-electron chi connectivity index (χ2n) is 5.50. The van der Waals surface area contributed by atoms with Crippen molar-refractivity contribution in [2.75, 3.05) is 13.2 Å². The van der Waals surface area contributed by atoms with Gasteiger partial charge in [-0.2, -0.15) is 5.10 Å². The molecule has 1 fully saturated rings. The molecular weight excluding hydrogens is 228 g/mol. The van der Waals surface area contributed by atoms with Gasteiger partial charge >= 0.3 is 0 Å². The second kappa shape index (κ2) is 5.38.